The summed E-state index contributed by atoms with van der Waals surface area (Å²) in [6, 6.07) is 0. The summed E-state index contributed by atoms with van der Waals surface area (Å²) < 4.78 is 0. The first-order valence-corrected chi connectivity index (χ1v) is 8.52. The molecule has 108 valence electrons. The van der Waals surface area contributed by atoms with Gasteiger partial charge in [0, 0.05) is 6.42 Å². The normalized spacial score (nSPS) is 43.8. The molecule has 0 amide bonds. The van der Waals surface area contributed by atoms with E-state index in [1.807, 2.05) is 11.6 Å². The number of allylic oxidation sites excluding steroid dienone is 4. The van der Waals surface area contributed by atoms with Crippen molar-refractivity contribution in [3.05, 3.63) is 22.8 Å². The summed E-state index contributed by atoms with van der Waals surface area (Å²) in [6.07, 6.45) is 11.9. The molecule has 0 aromatic carbocycles. The van der Waals surface area contributed by atoms with E-state index in [1.54, 1.807) is 5.57 Å². The third kappa shape index (κ3) is 1.64. The van der Waals surface area contributed by atoms with Crippen molar-refractivity contribution in [3.63, 3.8) is 0 Å². The predicted octanol–water partition coefficient (Wildman–Crippen LogP) is 4.83. The quantitative estimate of drug-likeness (QED) is 0.576. The average molecular weight is 270 g/mol. The van der Waals surface area contributed by atoms with Crippen molar-refractivity contribution in [2.75, 3.05) is 0 Å². The lowest BCUT2D eigenvalue weighted by Gasteiger charge is -2.54. The van der Waals surface area contributed by atoms with E-state index in [2.05, 4.69) is 13.8 Å². The van der Waals surface area contributed by atoms with Gasteiger partial charge in [-0.25, -0.2) is 0 Å². The monoisotopic (exact) mass is 270 g/mol. The Hall–Kier alpha value is -0.850. The summed E-state index contributed by atoms with van der Waals surface area (Å²) in [5.74, 6) is 3.02. The molecule has 4 atom stereocenters. The molecular weight excluding hydrogens is 244 g/mol. The van der Waals surface area contributed by atoms with Crippen molar-refractivity contribution in [1.82, 2.24) is 0 Å². The molecule has 2 fully saturated rings. The van der Waals surface area contributed by atoms with Crippen LogP contribution in [0.2, 0.25) is 0 Å². The van der Waals surface area contributed by atoms with Gasteiger partial charge < -0.3 is 0 Å². The summed E-state index contributed by atoms with van der Waals surface area (Å²) >= 11 is 0. The van der Waals surface area contributed by atoms with Gasteiger partial charge in [0.15, 0.2) is 5.78 Å². The minimum Gasteiger partial charge on any atom is -0.295 e. The summed E-state index contributed by atoms with van der Waals surface area (Å²) in [4.78, 5) is 11.8. The second-order valence-electron chi connectivity index (χ2n) is 7.85. The Morgan fingerprint density at radius 3 is 2.80 bits per heavy atom. The van der Waals surface area contributed by atoms with Crippen molar-refractivity contribution in [2.24, 2.45) is 23.2 Å². The molecule has 0 heterocycles. The summed E-state index contributed by atoms with van der Waals surface area (Å²) in [5, 5.41) is 0. The first-order valence-electron chi connectivity index (χ1n) is 8.52. The lowest BCUT2D eigenvalue weighted by molar-refractivity contribution is -0.116. The standard InChI is InChI=1S/C19H26O/c1-12-3-5-16-15(12)7-8-18-17(16)6-4-13-11-14(20)9-10-19(13,18)2/h11,16-18H,3-10H2,1-2H3/t16-,17+,18+,19?/m1/s1. The van der Waals surface area contributed by atoms with Crippen LogP contribution in [-0.2, 0) is 4.79 Å². The number of carbonyl (C=O) groups is 1. The molecule has 4 rings (SSSR count). The first kappa shape index (κ1) is 12.9. The smallest absolute Gasteiger partial charge is 0.155 e. The Morgan fingerprint density at radius 2 is 1.95 bits per heavy atom. The Bertz CT molecular complexity index is 524. The molecule has 1 nitrogen and oxygen atoms in total. The Kier molecular flexibility index (Phi) is 2.78. The van der Waals surface area contributed by atoms with Gasteiger partial charge in [-0.2, -0.15) is 0 Å². The molecular formula is C19H26O. The molecule has 0 aromatic rings. The third-order valence-electron chi connectivity index (χ3n) is 7.11. The molecule has 4 aliphatic carbocycles. The molecule has 0 aromatic heterocycles. The van der Waals surface area contributed by atoms with Crippen molar-refractivity contribution >= 4 is 5.78 Å². The Labute approximate surface area is 122 Å². The number of carbonyl (C=O) groups excluding carboxylic acids is 1. The number of fused-ring (bicyclic) bond motifs is 5. The highest BCUT2D eigenvalue weighted by Gasteiger charge is 2.51. The maximum atomic E-state index is 11.8. The second-order valence-corrected chi connectivity index (χ2v) is 7.85. The van der Waals surface area contributed by atoms with Crippen LogP contribution >= 0.6 is 0 Å². The number of hydrogen-bond acceptors (Lipinski definition) is 1. The maximum absolute atomic E-state index is 11.8. The number of hydrogen-bond donors (Lipinski definition) is 0. The number of ketones is 1. The summed E-state index contributed by atoms with van der Waals surface area (Å²) in [7, 11) is 0. The van der Waals surface area contributed by atoms with Crippen LogP contribution in [0.15, 0.2) is 22.8 Å². The molecule has 0 radical (unpaired) electrons. The Balaban J connectivity index is 1.70. The SMILES string of the molecule is CC1=C2CC[C@H]3[C@@H](CCC4=CC(=O)CCC43C)[C@@H]2CC1. The van der Waals surface area contributed by atoms with E-state index in [4.69, 9.17) is 0 Å². The highest BCUT2D eigenvalue weighted by atomic mass is 16.1. The molecule has 2 saturated carbocycles. The van der Waals surface area contributed by atoms with Crippen molar-refractivity contribution < 1.29 is 4.79 Å². The zero-order valence-electron chi connectivity index (χ0n) is 12.9. The maximum Gasteiger partial charge on any atom is 0.155 e. The fourth-order valence-corrected chi connectivity index (χ4v) is 5.97. The van der Waals surface area contributed by atoms with Crippen LogP contribution < -0.4 is 0 Å². The molecule has 1 heteroatoms. The summed E-state index contributed by atoms with van der Waals surface area (Å²) in [5.41, 5.74) is 5.38. The lowest BCUT2D eigenvalue weighted by Crippen LogP contribution is -2.45. The van der Waals surface area contributed by atoms with Gasteiger partial charge in [0.1, 0.15) is 0 Å². The van der Waals surface area contributed by atoms with Gasteiger partial charge in [-0.05, 0) is 81.1 Å². The van der Waals surface area contributed by atoms with Crippen LogP contribution in [0.1, 0.15) is 65.2 Å². The van der Waals surface area contributed by atoms with E-state index >= 15 is 0 Å². The van der Waals surface area contributed by atoms with Crippen molar-refractivity contribution in [2.45, 2.75) is 65.2 Å². The van der Waals surface area contributed by atoms with E-state index in [0.717, 1.165) is 30.6 Å². The lowest BCUT2D eigenvalue weighted by atomic mass is 9.50. The third-order valence-corrected chi connectivity index (χ3v) is 7.11. The largest absolute Gasteiger partial charge is 0.295 e. The molecule has 1 unspecified atom stereocenters. The topological polar surface area (TPSA) is 17.1 Å². The highest BCUT2D eigenvalue weighted by molar-refractivity contribution is 5.91. The van der Waals surface area contributed by atoms with Crippen molar-refractivity contribution in [1.29, 1.82) is 0 Å². The van der Waals surface area contributed by atoms with Crippen LogP contribution in [0.4, 0.5) is 0 Å². The van der Waals surface area contributed by atoms with Crippen LogP contribution in [0.25, 0.3) is 0 Å². The predicted molar refractivity (Wildman–Crippen MR) is 81.3 cm³/mol. The van der Waals surface area contributed by atoms with Gasteiger partial charge in [0.2, 0.25) is 0 Å². The molecule has 4 aliphatic rings. The molecule has 0 saturated heterocycles. The van der Waals surface area contributed by atoms with Gasteiger partial charge >= 0.3 is 0 Å². The van der Waals surface area contributed by atoms with Gasteiger partial charge in [-0.3, -0.25) is 4.79 Å². The van der Waals surface area contributed by atoms with E-state index in [0.29, 0.717) is 11.2 Å². The van der Waals surface area contributed by atoms with Gasteiger partial charge in [-0.1, -0.05) is 23.6 Å². The van der Waals surface area contributed by atoms with Gasteiger partial charge in [0.25, 0.3) is 0 Å². The van der Waals surface area contributed by atoms with Crippen LogP contribution in [0, 0.1) is 23.2 Å². The van der Waals surface area contributed by atoms with Gasteiger partial charge in [0.05, 0.1) is 0 Å². The van der Waals surface area contributed by atoms with Crippen LogP contribution in [0.5, 0.6) is 0 Å². The van der Waals surface area contributed by atoms with E-state index < -0.39 is 0 Å². The molecule has 0 spiro atoms. The fourth-order valence-electron chi connectivity index (χ4n) is 5.97. The second kappa shape index (κ2) is 4.32. The van der Waals surface area contributed by atoms with E-state index in [1.165, 1.54) is 44.1 Å². The summed E-state index contributed by atoms with van der Waals surface area (Å²) in [6.45, 7) is 4.84. The average Bonchev–Trinajstić information content (AvgIpc) is 2.82. The molecule has 0 bridgehead atoms. The first-order chi connectivity index (χ1) is 9.59. The Morgan fingerprint density at radius 1 is 1.10 bits per heavy atom. The minimum atomic E-state index is 0.346. The minimum absolute atomic E-state index is 0.346. The molecule has 20 heavy (non-hydrogen) atoms. The fraction of sp³-hybridized carbons (Fsp3) is 0.737. The highest BCUT2D eigenvalue weighted by Crippen LogP contribution is 2.61. The molecule has 0 N–H and O–H groups in total. The van der Waals surface area contributed by atoms with E-state index in [9.17, 15) is 4.79 Å². The zero-order chi connectivity index (χ0) is 13.9. The number of rotatable bonds is 0. The zero-order valence-corrected chi connectivity index (χ0v) is 12.9. The van der Waals surface area contributed by atoms with E-state index in [-0.39, 0.29) is 0 Å². The van der Waals surface area contributed by atoms with Crippen LogP contribution in [0.3, 0.4) is 0 Å². The molecule has 0 aliphatic heterocycles. The van der Waals surface area contributed by atoms with Crippen LogP contribution in [-0.4, -0.2) is 5.78 Å². The van der Waals surface area contributed by atoms with Crippen molar-refractivity contribution in [3.8, 4) is 0 Å². The van der Waals surface area contributed by atoms with Gasteiger partial charge in [-0.15, -0.1) is 0 Å².